The minimum atomic E-state index is 0. The number of hydrogen-bond donors (Lipinski definition) is 0. The molecule has 0 aliphatic carbocycles. The first-order valence-corrected chi connectivity index (χ1v) is 7.47. The minimum absolute atomic E-state index is 0. The van der Waals surface area contributed by atoms with E-state index in [9.17, 15) is 0 Å². The monoisotopic (exact) mass is 292 g/mol. The van der Waals surface area contributed by atoms with E-state index < -0.39 is 0 Å². The van der Waals surface area contributed by atoms with E-state index in [0.29, 0.717) is 5.88 Å². The predicted molar refractivity (Wildman–Crippen MR) is 81.6 cm³/mol. The Morgan fingerprint density at radius 1 is 1.06 bits per heavy atom. The van der Waals surface area contributed by atoms with Crippen LogP contribution < -0.4 is 0 Å². The molecule has 1 rings (SSSR count). The summed E-state index contributed by atoms with van der Waals surface area (Å²) < 4.78 is 2.17. The average molecular weight is 293 g/mol. The van der Waals surface area contributed by atoms with E-state index >= 15 is 0 Å². The maximum absolute atomic E-state index is 5.82. The summed E-state index contributed by atoms with van der Waals surface area (Å²) in [5.74, 6) is 0.566. The lowest BCUT2D eigenvalue weighted by molar-refractivity contribution is 0.539. The van der Waals surface area contributed by atoms with Gasteiger partial charge in [0.2, 0.25) is 0 Å². The quantitative estimate of drug-likeness (QED) is 0.429. The highest BCUT2D eigenvalue weighted by molar-refractivity contribution is 6.16. The molecule has 0 bridgehead atoms. The lowest BCUT2D eigenvalue weighted by Gasteiger charge is -2.05. The number of aryl methyl sites for hydroxylation is 1. The number of alkyl halides is 1. The fourth-order valence-electron chi connectivity index (χ4n) is 2.08. The lowest BCUT2D eigenvalue weighted by atomic mass is 10.1. The van der Waals surface area contributed by atoms with Crippen LogP contribution in [0.15, 0.2) is 12.5 Å². The van der Waals surface area contributed by atoms with E-state index in [0.717, 1.165) is 12.2 Å². The van der Waals surface area contributed by atoms with Crippen molar-refractivity contribution in [2.75, 3.05) is 0 Å². The van der Waals surface area contributed by atoms with Gasteiger partial charge in [-0.15, -0.1) is 24.0 Å². The second kappa shape index (κ2) is 11.9. The first-order chi connectivity index (χ1) is 8.38. The molecular weight excluding hydrogens is 267 g/mol. The molecule has 0 aromatic carbocycles. The average Bonchev–Trinajstić information content (AvgIpc) is 2.80. The molecular formula is C14H26Cl2N2. The Labute approximate surface area is 123 Å². The maximum atomic E-state index is 5.82. The van der Waals surface area contributed by atoms with Crippen LogP contribution in [0.2, 0.25) is 0 Å². The standard InChI is InChI=1S/C14H25ClN2.ClH/c1-2-3-4-5-6-7-8-9-10-17-13-16-12-14(17)11-15;/h12-13H,2-11H2,1H3;1H. The smallest absolute Gasteiger partial charge is 0.0948 e. The molecule has 0 unspecified atom stereocenters. The van der Waals surface area contributed by atoms with E-state index in [1.54, 1.807) is 0 Å². The molecule has 0 N–H and O–H groups in total. The van der Waals surface area contributed by atoms with Crippen LogP contribution in [-0.2, 0) is 12.4 Å². The first kappa shape index (κ1) is 17.8. The Balaban J connectivity index is 0.00000289. The second-order valence-electron chi connectivity index (χ2n) is 4.69. The number of unbranched alkanes of at least 4 members (excludes halogenated alkanes) is 7. The summed E-state index contributed by atoms with van der Waals surface area (Å²) in [6.45, 7) is 3.33. The summed E-state index contributed by atoms with van der Waals surface area (Å²) in [6, 6.07) is 0. The van der Waals surface area contributed by atoms with Gasteiger partial charge in [0.1, 0.15) is 0 Å². The number of nitrogens with zero attached hydrogens (tertiary/aromatic N) is 2. The fourth-order valence-corrected chi connectivity index (χ4v) is 2.30. The van der Waals surface area contributed by atoms with Gasteiger partial charge in [0, 0.05) is 12.7 Å². The molecule has 0 fully saturated rings. The molecule has 0 amide bonds. The van der Waals surface area contributed by atoms with E-state index in [1.807, 2.05) is 12.5 Å². The van der Waals surface area contributed by atoms with Crippen LogP contribution in [0.5, 0.6) is 0 Å². The van der Waals surface area contributed by atoms with Crippen molar-refractivity contribution in [3.8, 4) is 0 Å². The molecule has 0 radical (unpaired) electrons. The number of hydrogen-bond acceptors (Lipinski definition) is 1. The Hall–Kier alpha value is -0.210. The summed E-state index contributed by atoms with van der Waals surface area (Å²) >= 11 is 5.82. The van der Waals surface area contributed by atoms with Gasteiger partial charge >= 0.3 is 0 Å². The topological polar surface area (TPSA) is 17.8 Å². The molecule has 0 aliphatic heterocycles. The molecule has 0 saturated heterocycles. The third-order valence-electron chi connectivity index (χ3n) is 3.19. The van der Waals surface area contributed by atoms with Gasteiger partial charge < -0.3 is 4.57 Å². The van der Waals surface area contributed by atoms with Gasteiger partial charge in [0.25, 0.3) is 0 Å². The Morgan fingerprint density at radius 2 is 1.67 bits per heavy atom. The summed E-state index contributed by atoms with van der Waals surface area (Å²) in [5, 5.41) is 0. The van der Waals surface area contributed by atoms with Crippen molar-refractivity contribution >= 4 is 24.0 Å². The van der Waals surface area contributed by atoms with Crippen LogP contribution in [0.25, 0.3) is 0 Å². The molecule has 2 nitrogen and oxygen atoms in total. The van der Waals surface area contributed by atoms with Crippen LogP contribution in [-0.4, -0.2) is 9.55 Å². The highest BCUT2D eigenvalue weighted by Gasteiger charge is 1.99. The summed E-state index contributed by atoms with van der Waals surface area (Å²) in [4.78, 5) is 4.12. The Morgan fingerprint density at radius 3 is 2.28 bits per heavy atom. The molecule has 1 aromatic rings. The van der Waals surface area contributed by atoms with Crippen LogP contribution in [0.1, 0.15) is 64.0 Å². The molecule has 0 atom stereocenters. The van der Waals surface area contributed by atoms with Gasteiger partial charge in [-0.2, -0.15) is 0 Å². The van der Waals surface area contributed by atoms with Gasteiger partial charge in [-0.1, -0.05) is 51.9 Å². The lowest BCUT2D eigenvalue weighted by Crippen LogP contribution is -2.00. The number of halogens is 2. The van der Waals surface area contributed by atoms with Crippen LogP contribution in [0, 0.1) is 0 Å². The highest BCUT2D eigenvalue weighted by atomic mass is 35.5. The molecule has 0 aliphatic rings. The SMILES string of the molecule is CCCCCCCCCCn1cncc1CCl.Cl. The van der Waals surface area contributed by atoms with E-state index in [1.165, 1.54) is 51.4 Å². The third kappa shape index (κ3) is 7.27. The summed E-state index contributed by atoms with van der Waals surface area (Å²) in [7, 11) is 0. The largest absolute Gasteiger partial charge is 0.333 e. The Bertz CT molecular complexity index is 287. The second-order valence-corrected chi connectivity index (χ2v) is 4.95. The zero-order valence-corrected chi connectivity index (χ0v) is 13.0. The molecule has 18 heavy (non-hydrogen) atoms. The predicted octanol–water partition coefficient (Wildman–Crippen LogP) is 5.18. The summed E-state index contributed by atoms with van der Waals surface area (Å²) in [6.07, 6.45) is 14.6. The van der Waals surface area contributed by atoms with Crippen molar-refractivity contribution in [2.24, 2.45) is 0 Å². The number of imidazole rings is 1. The van der Waals surface area contributed by atoms with Crippen molar-refractivity contribution < 1.29 is 0 Å². The van der Waals surface area contributed by atoms with Gasteiger partial charge in [0.15, 0.2) is 0 Å². The zero-order chi connectivity index (χ0) is 12.3. The third-order valence-corrected chi connectivity index (χ3v) is 3.46. The van der Waals surface area contributed by atoms with E-state index in [-0.39, 0.29) is 12.4 Å². The fraction of sp³-hybridized carbons (Fsp3) is 0.786. The minimum Gasteiger partial charge on any atom is -0.333 e. The van der Waals surface area contributed by atoms with Crippen molar-refractivity contribution in [3.05, 3.63) is 18.2 Å². The molecule has 4 heteroatoms. The molecule has 1 heterocycles. The van der Waals surface area contributed by atoms with Gasteiger partial charge in [-0.25, -0.2) is 4.98 Å². The summed E-state index contributed by atoms with van der Waals surface area (Å²) in [5.41, 5.74) is 1.13. The van der Waals surface area contributed by atoms with Gasteiger partial charge in [-0.3, -0.25) is 0 Å². The van der Waals surface area contributed by atoms with E-state index in [4.69, 9.17) is 11.6 Å². The normalized spacial score (nSPS) is 10.3. The Kier molecular flexibility index (Phi) is 11.7. The van der Waals surface area contributed by atoms with Crippen LogP contribution >= 0.6 is 24.0 Å². The highest BCUT2D eigenvalue weighted by Crippen LogP contribution is 2.10. The zero-order valence-electron chi connectivity index (χ0n) is 11.4. The van der Waals surface area contributed by atoms with Gasteiger partial charge in [-0.05, 0) is 6.42 Å². The molecule has 1 aromatic heterocycles. The maximum Gasteiger partial charge on any atom is 0.0948 e. The van der Waals surface area contributed by atoms with Crippen LogP contribution in [0.3, 0.4) is 0 Å². The number of aromatic nitrogens is 2. The van der Waals surface area contributed by atoms with Crippen molar-refractivity contribution in [1.82, 2.24) is 9.55 Å². The van der Waals surface area contributed by atoms with Crippen LogP contribution in [0.4, 0.5) is 0 Å². The molecule has 0 saturated carbocycles. The molecule has 0 spiro atoms. The van der Waals surface area contributed by atoms with Crippen molar-refractivity contribution in [3.63, 3.8) is 0 Å². The van der Waals surface area contributed by atoms with Crippen molar-refractivity contribution in [2.45, 2.75) is 70.7 Å². The first-order valence-electron chi connectivity index (χ1n) is 6.93. The van der Waals surface area contributed by atoms with Gasteiger partial charge in [0.05, 0.1) is 17.9 Å². The molecule has 106 valence electrons. The number of rotatable bonds is 10. The van der Waals surface area contributed by atoms with Crippen molar-refractivity contribution in [1.29, 1.82) is 0 Å². The van der Waals surface area contributed by atoms with E-state index in [2.05, 4.69) is 16.5 Å².